The zero-order valence-electron chi connectivity index (χ0n) is 9.94. The Morgan fingerprint density at radius 1 is 1.18 bits per heavy atom. The van der Waals surface area contributed by atoms with Gasteiger partial charge in [-0.05, 0) is 42.2 Å². The lowest BCUT2D eigenvalue weighted by atomic mass is 9.93. The van der Waals surface area contributed by atoms with Gasteiger partial charge in [0.05, 0.1) is 12.2 Å². The summed E-state index contributed by atoms with van der Waals surface area (Å²) in [6.45, 7) is 4.02. The summed E-state index contributed by atoms with van der Waals surface area (Å²) in [7, 11) is 0. The van der Waals surface area contributed by atoms with E-state index in [1.807, 2.05) is 32.0 Å². The summed E-state index contributed by atoms with van der Waals surface area (Å²) in [5.74, 6) is -0.357. The molecule has 0 saturated carbocycles. The van der Waals surface area contributed by atoms with E-state index in [0.717, 1.165) is 16.7 Å². The predicted molar refractivity (Wildman–Crippen MR) is 66.1 cm³/mol. The van der Waals surface area contributed by atoms with E-state index in [1.165, 1.54) is 12.3 Å². The number of nitrogens with two attached hydrogens (primary N) is 1. The molecule has 3 heteroatoms. The van der Waals surface area contributed by atoms with Crippen molar-refractivity contribution in [1.29, 1.82) is 0 Å². The second-order valence-electron chi connectivity index (χ2n) is 4.22. The third kappa shape index (κ3) is 2.34. The molecule has 0 aliphatic carbocycles. The molecule has 2 nitrogen and oxygen atoms in total. The molecule has 0 amide bonds. The van der Waals surface area contributed by atoms with Gasteiger partial charge in [0.2, 0.25) is 0 Å². The van der Waals surface area contributed by atoms with Gasteiger partial charge < -0.3 is 5.73 Å². The molecule has 0 radical (unpaired) electrons. The van der Waals surface area contributed by atoms with Crippen LogP contribution in [0.4, 0.5) is 4.39 Å². The topological polar surface area (TPSA) is 38.9 Å². The Balaban J connectivity index is 2.47. The molecule has 2 aromatic rings. The lowest BCUT2D eigenvalue weighted by molar-refractivity contribution is 0.616. The van der Waals surface area contributed by atoms with Crippen LogP contribution < -0.4 is 5.73 Å². The first kappa shape index (κ1) is 11.7. The van der Waals surface area contributed by atoms with E-state index in [9.17, 15) is 4.39 Å². The van der Waals surface area contributed by atoms with E-state index in [0.29, 0.717) is 5.56 Å². The Morgan fingerprint density at radius 2 is 1.82 bits per heavy atom. The summed E-state index contributed by atoms with van der Waals surface area (Å²) in [6, 6.07) is 7.11. The van der Waals surface area contributed by atoms with E-state index in [4.69, 9.17) is 5.73 Å². The number of aromatic nitrogens is 1. The fourth-order valence-corrected chi connectivity index (χ4v) is 2.08. The number of nitrogens with zero attached hydrogens (tertiary/aromatic N) is 1. The standard InChI is InChI=1S/C14H15FN2/c1-9-4-3-5-10(2)13(9)14(16)11-6-12(15)8-17-7-11/h3-8,14H,16H2,1-2H3. The summed E-state index contributed by atoms with van der Waals surface area (Å²) >= 11 is 0. The SMILES string of the molecule is Cc1cccc(C)c1C(N)c1cncc(F)c1. The lowest BCUT2D eigenvalue weighted by Gasteiger charge is -2.17. The molecule has 17 heavy (non-hydrogen) atoms. The van der Waals surface area contributed by atoms with Crippen LogP contribution in [0.15, 0.2) is 36.7 Å². The van der Waals surface area contributed by atoms with Crippen molar-refractivity contribution < 1.29 is 4.39 Å². The highest BCUT2D eigenvalue weighted by Crippen LogP contribution is 2.25. The number of aryl methyl sites for hydroxylation is 2. The van der Waals surface area contributed by atoms with Gasteiger partial charge in [-0.2, -0.15) is 0 Å². The summed E-state index contributed by atoms with van der Waals surface area (Å²) < 4.78 is 13.1. The highest BCUT2D eigenvalue weighted by atomic mass is 19.1. The highest BCUT2D eigenvalue weighted by Gasteiger charge is 2.14. The zero-order valence-corrected chi connectivity index (χ0v) is 9.94. The van der Waals surface area contributed by atoms with Gasteiger partial charge >= 0.3 is 0 Å². The van der Waals surface area contributed by atoms with Gasteiger partial charge in [0.15, 0.2) is 0 Å². The van der Waals surface area contributed by atoms with Gasteiger partial charge in [0.25, 0.3) is 0 Å². The zero-order chi connectivity index (χ0) is 12.4. The first-order chi connectivity index (χ1) is 8.09. The van der Waals surface area contributed by atoms with Crippen molar-refractivity contribution in [2.75, 3.05) is 0 Å². The van der Waals surface area contributed by atoms with E-state index in [2.05, 4.69) is 4.98 Å². The molecule has 0 spiro atoms. The van der Waals surface area contributed by atoms with E-state index < -0.39 is 0 Å². The second-order valence-corrected chi connectivity index (χ2v) is 4.22. The molecule has 1 heterocycles. The molecule has 0 fully saturated rings. The maximum Gasteiger partial charge on any atom is 0.141 e. The minimum atomic E-state index is -0.357. The average molecular weight is 230 g/mol. The van der Waals surface area contributed by atoms with Crippen molar-refractivity contribution in [2.45, 2.75) is 19.9 Å². The molecule has 2 rings (SSSR count). The summed E-state index contributed by atoms with van der Waals surface area (Å²) in [6.07, 6.45) is 2.79. The second kappa shape index (κ2) is 4.63. The molecule has 1 unspecified atom stereocenters. The molecule has 0 saturated heterocycles. The molecular weight excluding hydrogens is 215 g/mol. The molecule has 1 aromatic carbocycles. The van der Waals surface area contributed by atoms with Crippen LogP contribution in [0.25, 0.3) is 0 Å². The van der Waals surface area contributed by atoms with Gasteiger partial charge in [0.1, 0.15) is 5.82 Å². The molecular formula is C14H15FN2. The van der Waals surface area contributed by atoms with E-state index >= 15 is 0 Å². The minimum absolute atomic E-state index is 0.334. The number of hydrogen-bond donors (Lipinski definition) is 1. The van der Waals surface area contributed by atoms with Crippen LogP contribution in [0.3, 0.4) is 0 Å². The molecule has 0 aliphatic rings. The summed E-state index contributed by atoms with van der Waals surface area (Å²) in [5, 5.41) is 0. The van der Waals surface area contributed by atoms with Crippen molar-refractivity contribution in [3.05, 3.63) is 64.7 Å². The van der Waals surface area contributed by atoms with Gasteiger partial charge in [0, 0.05) is 6.20 Å². The number of benzene rings is 1. The van der Waals surface area contributed by atoms with Crippen LogP contribution in [0.1, 0.15) is 28.3 Å². The quantitative estimate of drug-likeness (QED) is 0.861. The average Bonchev–Trinajstić information content (AvgIpc) is 2.28. The van der Waals surface area contributed by atoms with Crippen molar-refractivity contribution in [2.24, 2.45) is 5.73 Å². The third-order valence-corrected chi connectivity index (χ3v) is 2.94. The first-order valence-electron chi connectivity index (χ1n) is 5.51. The fourth-order valence-electron chi connectivity index (χ4n) is 2.08. The monoisotopic (exact) mass is 230 g/mol. The largest absolute Gasteiger partial charge is 0.320 e. The number of pyridine rings is 1. The van der Waals surface area contributed by atoms with Gasteiger partial charge in [-0.25, -0.2) is 4.39 Å². The van der Waals surface area contributed by atoms with Gasteiger partial charge in [-0.3, -0.25) is 4.98 Å². The van der Waals surface area contributed by atoms with Crippen LogP contribution in [-0.4, -0.2) is 4.98 Å². The van der Waals surface area contributed by atoms with Crippen molar-refractivity contribution in [3.8, 4) is 0 Å². The number of halogens is 1. The summed E-state index contributed by atoms with van der Waals surface area (Å²) in [5.41, 5.74) is 10.1. The van der Waals surface area contributed by atoms with Crippen LogP contribution in [0.2, 0.25) is 0 Å². The Morgan fingerprint density at radius 3 is 2.41 bits per heavy atom. The van der Waals surface area contributed by atoms with E-state index in [1.54, 1.807) is 6.20 Å². The Kier molecular flexibility index (Phi) is 3.20. The van der Waals surface area contributed by atoms with Crippen molar-refractivity contribution in [3.63, 3.8) is 0 Å². The highest BCUT2D eigenvalue weighted by molar-refractivity contribution is 5.40. The van der Waals surface area contributed by atoms with Crippen LogP contribution in [0.5, 0.6) is 0 Å². The fraction of sp³-hybridized carbons (Fsp3) is 0.214. The smallest absolute Gasteiger partial charge is 0.141 e. The Hall–Kier alpha value is -1.74. The lowest BCUT2D eigenvalue weighted by Crippen LogP contribution is -2.15. The van der Waals surface area contributed by atoms with Crippen molar-refractivity contribution >= 4 is 0 Å². The number of hydrogen-bond acceptors (Lipinski definition) is 2. The predicted octanol–water partition coefficient (Wildman–Crippen LogP) is 2.89. The Bertz CT molecular complexity index is 517. The maximum atomic E-state index is 13.1. The van der Waals surface area contributed by atoms with E-state index in [-0.39, 0.29) is 11.9 Å². The Labute approximate surface area is 100 Å². The van der Waals surface area contributed by atoms with Crippen LogP contribution in [0, 0.1) is 19.7 Å². The third-order valence-electron chi connectivity index (χ3n) is 2.94. The van der Waals surface area contributed by atoms with Gasteiger partial charge in [-0.1, -0.05) is 18.2 Å². The van der Waals surface area contributed by atoms with Crippen LogP contribution in [-0.2, 0) is 0 Å². The maximum absolute atomic E-state index is 13.1. The first-order valence-corrected chi connectivity index (χ1v) is 5.51. The molecule has 2 N–H and O–H groups in total. The molecule has 1 atom stereocenters. The van der Waals surface area contributed by atoms with Crippen LogP contribution >= 0.6 is 0 Å². The normalized spacial score (nSPS) is 12.5. The van der Waals surface area contributed by atoms with Crippen molar-refractivity contribution in [1.82, 2.24) is 4.98 Å². The minimum Gasteiger partial charge on any atom is -0.320 e. The molecule has 0 aliphatic heterocycles. The molecule has 88 valence electrons. The van der Waals surface area contributed by atoms with Gasteiger partial charge in [-0.15, -0.1) is 0 Å². The number of rotatable bonds is 2. The molecule has 0 bridgehead atoms. The summed E-state index contributed by atoms with van der Waals surface area (Å²) in [4.78, 5) is 3.84. The molecule has 1 aromatic heterocycles.